The maximum atomic E-state index is 13.4. The van der Waals surface area contributed by atoms with Gasteiger partial charge in [0.25, 0.3) is 5.56 Å². The van der Waals surface area contributed by atoms with Crippen LogP contribution in [0, 0.1) is 0 Å². The maximum Gasteiger partial charge on any atom is 0.282 e. The lowest BCUT2D eigenvalue weighted by molar-refractivity contribution is 0.305. The van der Waals surface area contributed by atoms with E-state index in [2.05, 4.69) is 21.0 Å². The van der Waals surface area contributed by atoms with Crippen molar-refractivity contribution in [2.24, 2.45) is 5.10 Å². The number of para-hydroxylation sites is 1. The molecule has 0 saturated carbocycles. The smallest absolute Gasteiger partial charge is 0.282 e. The molecule has 0 spiro atoms. The summed E-state index contributed by atoms with van der Waals surface area (Å²) in [4.78, 5) is 18.1. The standard InChI is InChI=1S/C28H20BrN3O2/c29-23-15-16-26(34-19-20-9-3-1-4-10-20)22(17-23)18-30-32-27(21-11-5-2-6-12-21)31-25-14-8-7-13-24(25)28(32)33/h1-18H,19H2. The number of nitrogens with zero attached hydrogens (tertiary/aromatic N) is 3. The average molecular weight is 510 g/mol. The van der Waals surface area contributed by atoms with Gasteiger partial charge in [-0.25, -0.2) is 4.98 Å². The number of ether oxygens (including phenoxy) is 1. The lowest BCUT2D eigenvalue weighted by Crippen LogP contribution is -2.20. The molecule has 0 N–H and O–H groups in total. The minimum absolute atomic E-state index is 0.234. The summed E-state index contributed by atoms with van der Waals surface area (Å²) in [5, 5.41) is 5.08. The van der Waals surface area contributed by atoms with E-state index in [9.17, 15) is 4.79 Å². The fourth-order valence-corrected chi connectivity index (χ4v) is 3.99. The molecule has 0 fully saturated rings. The molecule has 1 heterocycles. The van der Waals surface area contributed by atoms with Gasteiger partial charge in [-0.3, -0.25) is 4.79 Å². The number of rotatable bonds is 6. The molecule has 5 nitrogen and oxygen atoms in total. The van der Waals surface area contributed by atoms with Gasteiger partial charge in [-0.1, -0.05) is 88.7 Å². The van der Waals surface area contributed by atoms with Crippen LogP contribution in [0.4, 0.5) is 0 Å². The molecule has 5 rings (SSSR count). The molecule has 0 radical (unpaired) electrons. The first kappa shape index (κ1) is 21.8. The summed E-state index contributed by atoms with van der Waals surface area (Å²) >= 11 is 3.52. The quantitative estimate of drug-likeness (QED) is 0.253. The molecule has 4 aromatic carbocycles. The summed E-state index contributed by atoms with van der Waals surface area (Å²) in [6.07, 6.45) is 1.63. The van der Waals surface area contributed by atoms with Crippen molar-refractivity contribution in [1.82, 2.24) is 9.66 Å². The number of hydrogen-bond donors (Lipinski definition) is 0. The van der Waals surface area contributed by atoms with Gasteiger partial charge >= 0.3 is 0 Å². The SMILES string of the molecule is O=c1c2ccccc2nc(-c2ccccc2)n1N=Cc1cc(Br)ccc1OCc1ccccc1. The Morgan fingerprint density at radius 2 is 1.59 bits per heavy atom. The van der Waals surface area contributed by atoms with E-state index in [0.717, 1.165) is 21.2 Å². The summed E-state index contributed by atoms with van der Waals surface area (Å²) in [6, 6.07) is 32.5. The zero-order valence-corrected chi connectivity index (χ0v) is 19.7. The van der Waals surface area contributed by atoms with E-state index in [1.54, 1.807) is 12.3 Å². The Balaban J connectivity index is 1.58. The molecule has 166 valence electrons. The lowest BCUT2D eigenvalue weighted by atomic mass is 10.2. The molecule has 0 aliphatic carbocycles. The minimum Gasteiger partial charge on any atom is -0.488 e. The Bertz CT molecular complexity index is 1530. The third kappa shape index (κ3) is 4.67. The molecule has 5 aromatic rings. The third-order valence-electron chi connectivity index (χ3n) is 5.31. The zero-order valence-electron chi connectivity index (χ0n) is 18.1. The number of aromatic nitrogens is 2. The van der Waals surface area contributed by atoms with Crippen LogP contribution in [0.25, 0.3) is 22.3 Å². The third-order valence-corrected chi connectivity index (χ3v) is 5.80. The topological polar surface area (TPSA) is 56.5 Å². The van der Waals surface area contributed by atoms with Crippen molar-refractivity contribution in [3.05, 3.63) is 129 Å². The van der Waals surface area contributed by atoms with Gasteiger partial charge in [0.1, 0.15) is 12.4 Å². The van der Waals surface area contributed by atoms with Gasteiger partial charge in [0.15, 0.2) is 5.82 Å². The van der Waals surface area contributed by atoms with Gasteiger partial charge in [-0.05, 0) is 35.9 Å². The maximum absolute atomic E-state index is 13.4. The Labute approximate surface area is 205 Å². The summed E-state index contributed by atoms with van der Waals surface area (Å²) in [5.41, 5.74) is 3.01. The average Bonchev–Trinajstić information content (AvgIpc) is 2.88. The second kappa shape index (κ2) is 9.85. The summed E-state index contributed by atoms with van der Waals surface area (Å²) in [5.74, 6) is 1.14. The van der Waals surface area contributed by atoms with Gasteiger partial charge < -0.3 is 4.74 Å². The van der Waals surface area contributed by atoms with Crippen LogP contribution in [0.3, 0.4) is 0 Å². The van der Waals surface area contributed by atoms with E-state index in [4.69, 9.17) is 9.72 Å². The molecular weight excluding hydrogens is 490 g/mol. The van der Waals surface area contributed by atoms with E-state index in [0.29, 0.717) is 29.1 Å². The van der Waals surface area contributed by atoms with Crippen molar-refractivity contribution in [3.8, 4) is 17.1 Å². The van der Waals surface area contributed by atoms with Crippen molar-refractivity contribution in [1.29, 1.82) is 0 Å². The van der Waals surface area contributed by atoms with Crippen LogP contribution in [0.5, 0.6) is 5.75 Å². The van der Waals surface area contributed by atoms with E-state index < -0.39 is 0 Å². The van der Waals surface area contributed by atoms with E-state index in [1.165, 1.54) is 4.68 Å². The van der Waals surface area contributed by atoms with Gasteiger partial charge in [0.05, 0.1) is 17.1 Å². The van der Waals surface area contributed by atoms with Crippen molar-refractivity contribution < 1.29 is 4.74 Å². The Morgan fingerprint density at radius 1 is 0.882 bits per heavy atom. The van der Waals surface area contributed by atoms with Gasteiger partial charge in [0, 0.05) is 15.6 Å². The monoisotopic (exact) mass is 509 g/mol. The molecule has 0 aliphatic heterocycles. The number of fused-ring (bicyclic) bond motifs is 1. The predicted octanol–water partition coefficient (Wildman–Crippen LogP) is 6.29. The van der Waals surface area contributed by atoms with Crippen LogP contribution in [-0.4, -0.2) is 15.9 Å². The van der Waals surface area contributed by atoms with E-state index in [-0.39, 0.29) is 5.56 Å². The molecule has 0 saturated heterocycles. The highest BCUT2D eigenvalue weighted by atomic mass is 79.9. The normalized spacial score (nSPS) is 11.2. The van der Waals surface area contributed by atoms with Crippen LogP contribution < -0.4 is 10.3 Å². The fraction of sp³-hybridized carbons (Fsp3) is 0.0357. The van der Waals surface area contributed by atoms with E-state index >= 15 is 0 Å². The predicted molar refractivity (Wildman–Crippen MR) is 139 cm³/mol. The molecule has 0 aliphatic rings. The molecule has 1 aromatic heterocycles. The molecule has 0 unspecified atom stereocenters. The van der Waals surface area contributed by atoms with Gasteiger partial charge in [-0.2, -0.15) is 9.78 Å². The van der Waals surface area contributed by atoms with Crippen LogP contribution in [0.2, 0.25) is 0 Å². The summed E-state index contributed by atoms with van der Waals surface area (Å²) in [6.45, 7) is 0.427. The number of benzene rings is 4. The highest BCUT2D eigenvalue weighted by Gasteiger charge is 2.12. The Kier molecular flexibility index (Phi) is 6.31. The Morgan fingerprint density at radius 3 is 2.38 bits per heavy atom. The molecular formula is C28H20BrN3O2. The molecule has 0 bridgehead atoms. The van der Waals surface area contributed by atoms with Crippen molar-refractivity contribution >= 4 is 33.0 Å². The first-order chi connectivity index (χ1) is 16.7. The molecule has 0 atom stereocenters. The van der Waals surface area contributed by atoms with Crippen LogP contribution in [-0.2, 0) is 6.61 Å². The summed E-state index contributed by atoms with van der Waals surface area (Å²) < 4.78 is 8.30. The Hall–Kier alpha value is -4.03. The number of halogens is 1. The summed E-state index contributed by atoms with van der Waals surface area (Å²) in [7, 11) is 0. The highest BCUT2D eigenvalue weighted by molar-refractivity contribution is 9.10. The van der Waals surface area contributed by atoms with Gasteiger partial charge in [-0.15, -0.1) is 0 Å². The second-order valence-electron chi connectivity index (χ2n) is 7.64. The fourth-order valence-electron chi connectivity index (χ4n) is 3.61. The van der Waals surface area contributed by atoms with Gasteiger partial charge in [0.2, 0.25) is 0 Å². The second-order valence-corrected chi connectivity index (χ2v) is 8.55. The lowest BCUT2D eigenvalue weighted by Gasteiger charge is -2.11. The molecule has 0 amide bonds. The largest absolute Gasteiger partial charge is 0.488 e. The van der Waals surface area contributed by atoms with Crippen molar-refractivity contribution in [2.45, 2.75) is 6.61 Å². The van der Waals surface area contributed by atoms with Crippen molar-refractivity contribution in [2.75, 3.05) is 0 Å². The van der Waals surface area contributed by atoms with Crippen LogP contribution >= 0.6 is 15.9 Å². The first-order valence-electron chi connectivity index (χ1n) is 10.8. The highest BCUT2D eigenvalue weighted by Crippen LogP contribution is 2.24. The number of hydrogen-bond acceptors (Lipinski definition) is 4. The van der Waals surface area contributed by atoms with Crippen molar-refractivity contribution in [3.63, 3.8) is 0 Å². The van der Waals surface area contributed by atoms with E-state index in [1.807, 2.05) is 97.1 Å². The first-order valence-corrected chi connectivity index (χ1v) is 11.6. The molecule has 34 heavy (non-hydrogen) atoms. The molecule has 6 heteroatoms. The van der Waals surface area contributed by atoms with Crippen LogP contribution in [0.1, 0.15) is 11.1 Å². The minimum atomic E-state index is -0.234. The van der Waals surface area contributed by atoms with Crippen LogP contribution in [0.15, 0.2) is 117 Å². The zero-order chi connectivity index (χ0) is 23.3.